The average Bonchev–Trinajstić information content (AvgIpc) is 2.15. The van der Waals surface area contributed by atoms with Gasteiger partial charge in [-0.25, -0.2) is 0 Å². The fourth-order valence-electron chi connectivity index (χ4n) is 0.809. The minimum atomic E-state index is 0.979. The van der Waals surface area contributed by atoms with E-state index in [2.05, 4.69) is 15.8 Å². The van der Waals surface area contributed by atoms with Gasteiger partial charge < -0.3 is 4.98 Å². The molecule has 0 aliphatic carbocycles. The van der Waals surface area contributed by atoms with Crippen molar-refractivity contribution in [1.29, 1.82) is 0 Å². The van der Waals surface area contributed by atoms with Crippen LogP contribution in [0.3, 0.4) is 0 Å². The van der Waals surface area contributed by atoms with Crippen molar-refractivity contribution in [3.8, 4) is 0 Å². The van der Waals surface area contributed by atoms with E-state index in [1.807, 2.05) is 6.20 Å². The van der Waals surface area contributed by atoms with Crippen LogP contribution in [-0.4, -0.2) is 4.98 Å². The molecule has 0 spiro atoms. The number of nitrogens with one attached hydrogen (secondary N) is 2. The maximum absolute atomic E-state index is 3.15. The van der Waals surface area contributed by atoms with Crippen molar-refractivity contribution < 1.29 is 0 Å². The molecule has 8 heavy (non-hydrogen) atoms. The number of rotatable bonds is 0. The van der Waals surface area contributed by atoms with Crippen LogP contribution in [0.2, 0.25) is 0 Å². The van der Waals surface area contributed by atoms with E-state index in [9.17, 15) is 0 Å². The van der Waals surface area contributed by atoms with Crippen LogP contribution in [0.1, 0.15) is 5.69 Å². The molecule has 0 fully saturated rings. The number of fused-ring (bicyclic) bond motifs is 1. The molecule has 1 aliphatic heterocycles. The molecule has 2 rings (SSSR count). The highest BCUT2D eigenvalue weighted by Crippen LogP contribution is 2.24. The zero-order chi connectivity index (χ0) is 5.40. The molecule has 1 aromatic rings. The summed E-state index contributed by atoms with van der Waals surface area (Å²) in [6.07, 6.45) is 1.97. The molecule has 1 aliphatic rings. The molecule has 42 valence electrons. The topological polar surface area (TPSA) is 27.8 Å². The molecule has 0 amide bonds. The van der Waals surface area contributed by atoms with Gasteiger partial charge in [0.1, 0.15) is 0 Å². The minimum Gasteiger partial charge on any atom is -0.363 e. The van der Waals surface area contributed by atoms with Crippen molar-refractivity contribution in [1.82, 2.24) is 9.71 Å². The molecule has 0 aromatic carbocycles. The Morgan fingerprint density at radius 3 is 3.50 bits per heavy atom. The number of aromatic amines is 1. The van der Waals surface area contributed by atoms with E-state index in [1.165, 1.54) is 10.6 Å². The minimum absolute atomic E-state index is 0.979. The second-order valence-corrected chi connectivity index (χ2v) is 2.68. The zero-order valence-electron chi connectivity index (χ0n) is 4.27. The van der Waals surface area contributed by atoms with Crippen molar-refractivity contribution >= 4 is 11.9 Å². The number of aromatic nitrogens is 1. The van der Waals surface area contributed by atoms with E-state index in [0.29, 0.717) is 0 Å². The van der Waals surface area contributed by atoms with E-state index >= 15 is 0 Å². The van der Waals surface area contributed by atoms with Crippen LogP contribution >= 0.6 is 11.9 Å². The summed E-state index contributed by atoms with van der Waals surface area (Å²) in [5.74, 6) is 0. The van der Waals surface area contributed by atoms with Crippen LogP contribution in [0.5, 0.6) is 0 Å². The lowest BCUT2D eigenvalue weighted by Crippen LogP contribution is -1.92. The average molecular weight is 126 g/mol. The number of hydrogen-bond acceptors (Lipinski definition) is 2. The van der Waals surface area contributed by atoms with Crippen molar-refractivity contribution in [2.45, 2.75) is 11.4 Å². The molecule has 2 heterocycles. The summed E-state index contributed by atoms with van der Waals surface area (Å²) < 4.78 is 3.15. The van der Waals surface area contributed by atoms with Crippen molar-refractivity contribution in [3.63, 3.8) is 0 Å². The largest absolute Gasteiger partial charge is 0.363 e. The first-order chi connectivity index (χ1) is 3.97. The van der Waals surface area contributed by atoms with E-state index in [-0.39, 0.29) is 0 Å². The van der Waals surface area contributed by atoms with Gasteiger partial charge in [0.2, 0.25) is 0 Å². The van der Waals surface area contributed by atoms with Gasteiger partial charge in [0, 0.05) is 23.3 Å². The summed E-state index contributed by atoms with van der Waals surface area (Å²) in [5.41, 5.74) is 1.31. The van der Waals surface area contributed by atoms with Gasteiger partial charge in [-0.05, 0) is 18.0 Å². The van der Waals surface area contributed by atoms with Gasteiger partial charge in [-0.2, -0.15) is 0 Å². The van der Waals surface area contributed by atoms with Crippen molar-refractivity contribution in [2.75, 3.05) is 0 Å². The molecule has 0 saturated carbocycles. The van der Waals surface area contributed by atoms with Crippen LogP contribution < -0.4 is 4.72 Å². The summed E-state index contributed by atoms with van der Waals surface area (Å²) in [6, 6.07) is 2.08. The first-order valence-corrected chi connectivity index (χ1v) is 3.34. The third kappa shape index (κ3) is 0.485. The van der Waals surface area contributed by atoms with Gasteiger partial charge in [-0.3, -0.25) is 4.72 Å². The molecule has 0 radical (unpaired) electrons. The Bertz CT molecular complexity index is 176. The summed E-state index contributed by atoms with van der Waals surface area (Å²) in [6.45, 7) is 0.979. The molecule has 1 aromatic heterocycles. The van der Waals surface area contributed by atoms with Gasteiger partial charge in [-0.1, -0.05) is 0 Å². The monoisotopic (exact) mass is 126 g/mol. The fraction of sp³-hybridized carbons (Fsp3) is 0.200. The lowest BCUT2D eigenvalue weighted by Gasteiger charge is -1.81. The molecule has 2 N–H and O–H groups in total. The summed E-state index contributed by atoms with van der Waals surface area (Å²) in [5, 5.41) is 0. The van der Waals surface area contributed by atoms with Crippen LogP contribution in [0.15, 0.2) is 17.2 Å². The highest BCUT2D eigenvalue weighted by molar-refractivity contribution is 7.97. The lowest BCUT2D eigenvalue weighted by molar-refractivity contribution is 0.950. The van der Waals surface area contributed by atoms with E-state index in [1.54, 1.807) is 11.9 Å². The SMILES string of the molecule is c1cc2c([nH]1)CNS2. The fourth-order valence-corrected chi connectivity index (χ4v) is 1.57. The molecular formula is C5H6N2S. The summed E-state index contributed by atoms with van der Waals surface area (Å²) in [7, 11) is 0. The Morgan fingerprint density at radius 1 is 1.62 bits per heavy atom. The standard InChI is InChI=1S/C5H6N2S/c1-2-6-4-3-7-8-5(1)4/h1-2,6-7H,3H2. The summed E-state index contributed by atoms with van der Waals surface area (Å²) >= 11 is 1.69. The molecule has 0 unspecified atom stereocenters. The van der Waals surface area contributed by atoms with Crippen LogP contribution in [0.4, 0.5) is 0 Å². The predicted molar refractivity (Wildman–Crippen MR) is 33.5 cm³/mol. The molecule has 2 nitrogen and oxygen atoms in total. The normalized spacial score (nSPS) is 16.5. The highest BCUT2D eigenvalue weighted by atomic mass is 32.2. The molecule has 3 heteroatoms. The molecule has 0 atom stereocenters. The summed E-state index contributed by atoms with van der Waals surface area (Å²) in [4.78, 5) is 4.47. The second-order valence-electron chi connectivity index (χ2n) is 1.74. The Hall–Kier alpha value is -0.410. The highest BCUT2D eigenvalue weighted by Gasteiger charge is 2.09. The van der Waals surface area contributed by atoms with Crippen LogP contribution in [0, 0.1) is 0 Å². The molecular weight excluding hydrogens is 120 g/mol. The lowest BCUT2D eigenvalue weighted by atomic mass is 10.4. The maximum Gasteiger partial charge on any atom is 0.0476 e. The Balaban J connectivity index is 2.54. The van der Waals surface area contributed by atoms with Crippen molar-refractivity contribution in [3.05, 3.63) is 18.0 Å². The number of hydrogen-bond donors (Lipinski definition) is 2. The van der Waals surface area contributed by atoms with E-state index in [0.717, 1.165) is 6.54 Å². The first kappa shape index (κ1) is 4.47. The second kappa shape index (κ2) is 1.53. The number of H-pyrrole nitrogens is 1. The predicted octanol–water partition coefficient (Wildman–Crippen LogP) is 1.12. The van der Waals surface area contributed by atoms with E-state index in [4.69, 9.17) is 0 Å². The maximum atomic E-state index is 3.15. The molecule has 0 saturated heterocycles. The first-order valence-electron chi connectivity index (χ1n) is 2.53. The van der Waals surface area contributed by atoms with Gasteiger partial charge >= 0.3 is 0 Å². The Morgan fingerprint density at radius 2 is 2.62 bits per heavy atom. The Kier molecular flexibility index (Phi) is 0.856. The van der Waals surface area contributed by atoms with Gasteiger partial charge in [-0.15, -0.1) is 0 Å². The van der Waals surface area contributed by atoms with E-state index < -0.39 is 0 Å². The quantitative estimate of drug-likeness (QED) is 0.510. The van der Waals surface area contributed by atoms with Gasteiger partial charge in [0.05, 0.1) is 0 Å². The van der Waals surface area contributed by atoms with Crippen LogP contribution in [0.25, 0.3) is 0 Å². The Labute approximate surface area is 51.8 Å². The smallest absolute Gasteiger partial charge is 0.0476 e. The molecule has 0 bridgehead atoms. The zero-order valence-corrected chi connectivity index (χ0v) is 5.09. The third-order valence-electron chi connectivity index (χ3n) is 1.22. The third-order valence-corrected chi connectivity index (χ3v) is 2.11. The van der Waals surface area contributed by atoms with Crippen molar-refractivity contribution in [2.24, 2.45) is 0 Å². The van der Waals surface area contributed by atoms with Gasteiger partial charge in [0.15, 0.2) is 0 Å². The van der Waals surface area contributed by atoms with Gasteiger partial charge in [0.25, 0.3) is 0 Å². The van der Waals surface area contributed by atoms with Crippen LogP contribution in [-0.2, 0) is 6.54 Å².